The van der Waals surface area contributed by atoms with Gasteiger partial charge in [0.05, 0.1) is 24.8 Å². The number of guanidine groups is 1. The van der Waals surface area contributed by atoms with Gasteiger partial charge in [0.1, 0.15) is 5.82 Å². The first-order chi connectivity index (χ1) is 12.1. The summed E-state index contributed by atoms with van der Waals surface area (Å²) in [6, 6.07) is 6.26. The Labute approximate surface area is 170 Å². The van der Waals surface area contributed by atoms with Gasteiger partial charge in [-0.1, -0.05) is 0 Å². The van der Waals surface area contributed by atoms with Gasteiger partial charge in [0.15, 0.2) is 5.96 Å². The summed E-state index contributed by atoms with van der Waals surface area (Å²) in [6.07, 6.45) is 1.55. The second kappa shape index (κ2) is 11.3. The first kappa shape index (κ1) is 22.6. The molecule has 1 aliphatic heterocycles. The Bertz CT molecular complexity index is 643. The van der Waals surface area contributed by atoms with Crippen LogP contribution < -0.4 is 10.6 Å². The van der Waals surface area contributed by atoms with Crippen molar-refractivity contribution in [2.24, 2.45) is 10.4 Å². The summed E-state index contributed by atoms with van der Waals surface area (Å²) in [5.74, 6) is 0.202. The standard InChI is InChI=1S/C18H25FN4O2.HI/c1-2-21-17(23-12-18(5-7-24)6-8-25-13-18)22-11-15-9-14(10-20)3-4-16(15)19;/h3-4,9,24H,2,5-8,11-13H2,1H3,(H2,21,22,23);1H. The number of benzene rings is 1. The molecule has 0 radical (unpaired) electrons. The molecule has 1 heterocycles. The van der Waals surface area contributed by atoms with Crippen LogP contribution in [0.5, 0.6) is 0 Å². The van der Waals surface area contributed by atoms with Crippen LogP contribution in [0, 0.1) is 22.6 Å². The Morgan fingerprint density at radius 3 is 2.88 bits per heavy atom. The van der Waals surface area contributed by atoms with Crippen molar-refractivity contribution in [1.29, 1.82) is 5.26 Å². The molecule has 2 rings (SSSR count). The number of nitrogens with one attached hydrogen (secondary N) is 2. The Morgan fingerprint density at radius 1 is 1.46 bits per heavy atom. The number of nitriles is 1. The lowest BCUT2D eigenvalue weighted by Gasteiger charge is -2.27. The average molecular weight is 476 g/mol. The van der Waals surface area contributed by atoms with Gasteiger partial charge in [-0.25, -0.2) is 9.38 Å². The monoisotopic (exact) mass is 476 g/mol. The van der Waals surface area contributed by atoms with Crippen molar-refractivity contribution in [2.75, 3.05) is 32.9 Å². The maximum Gasteiger partial charge on any atom is 0.191 e. The van der Waals surface area contributed by atoms with Gasteiger partial charge in [0.25, 0.3) is 0 Å². The van der Waals surface area contributed by atoms with Crippen LogP contribution in [-0.2, 0) is 11.3 Å². The predicted octanol–water partition coefficient (Wildman–Crippen LogP) is 2.16. The predicted molar refractivity (Wildman–Crippen MR) is 109 cm³/mol. The average Bonchev–Trinajstić information content (AvgIpc) is 3.08. The van der Waals surface area contributed by atoms with Gasteiger partial charge < -0.3 is 20.5 Å². The highest BCUT2D eigenvalue weighted by molar-refractivity contribution is 14.0. The second-order valence-electron chi connectivity index (χ2n) is 6.24. The van der Waals surface area contributed by atoms with E-state index in [1.165, 1.54) is 18.2 Å². The summed E-state index contributed by atoms with van der Waals surface area (Å²) in [5, 5.41) is 24.6. The third kappa shape index (κ3) is 6.37. The van der Waals surface area contributed by atoms with Gasteiger partial charge in [0, 0.05) is 37.3 Å². The van der Waals surface area contributed by atoms with Crippen LogP contribution >= 0.6 is 24.0 Å². The molecule has 6 nitrogen and oxygen atoms in total. The molecule has 1 saturated heterocycles. The molecule has 0 spiro atoms. The van der Waals surface area contributed by atoms with E-state index >= 15 is 0 Å². The first-order valence-corrected chi connectivity index (χ1v) is 8.52. The highest BCUT2D eigenvalue weighted by atomic mass is 127. The van der Waals surface area contributed by atoms with Crippen LogP contribution in [0.1, 0.15) is 30.9 Å². The molecule has 0 amide bonds. The molecule has 1 aromatic rings. The van der Waals surface area contributed by atoms with E-state index in [0.29, 0.717) is 49.8 Å². The molecular formula is C18H26FIN4O2. The van der Waals surface area contributed by atoms with E-state index in [2.05, 4.69) is 15.6 Å². The largest absolute Gasteiger partial charge is 0.396 e. The summed E-state index contributed by atoms with van der Waals surface area (Å²) in [7, 11) is 0. The maximum atomic E-state index is 13.9. The minimum absolute atomic E-state index is 0. The SMILES string of the molecule is CCNC(=NCc1cc(C#N)ccc1F)NCC1(CCO)CCOC1.I. The van der Waals surface area contributed by atoms with Crippen LogP contribution in [0.2, 0.25) is 0 Å². The van der Waals surface area contributed by atoms with Crippen molar-refractivity contribution in [3.63, 3.8) is 0 Å². The number of hydrogen-bond donors (Lipinski definition) is 3. The molecule has 1 aromatic carbocycles. The number of halogens is 2. The van der Waals surface area contributed by atoms with Crippen LogP contribution in [0.25, 0.3) is 0 Å². The summed E-state index contributed by atoms with van der Waals surface area (Å²) in [6.45, 7) is 4.82. The van der Waals surface area contributed by atoms with E-state index in [0.717, 1.165) is 6.42 Å². The Balaban J connectivity index is 0.00000338. The van der Waals surface area contributed by atoms with E-state index in [4.69, 9.17) is 10.00 Å². The first-order valence-electron chi connectivity index (χ1n) is 8.52. The number of hydrogen-bond acceptors (Lipinski definition) is 4. The third-order valence-corrected chi connectivity index (χ3v) is 4.38. The summed E-state index contributed by atoms with van der Waals surface area (Å²) in [5.41, 5.74) is 0.691. The molecule has 1 atom stereocenters. The maximum absolute atomic E-state index is 13.9. The van der Waals surface area contributed by atoms with Crippen molar-refractivity contribution in [3.8, 4) is 6.07 Å². The zero-order valence-corrected chi connectivity index (χ0v) is 17.3. The number of rotatable bonds is 7. The minimum atomic E-state index is -0.375. The van der Waals surface area contributed by atoms with E-state index < -0.39 is 0 Å². The minimum Gasteiger partial charge on any atom is -0.396 e. The van der Waals surface area contributed by atoms with E-state index in [1.807, 2.05) is 13.0 Å². The molecule has 144 valence electrons. The lowest BCUT2D eigenvalue weighted by atomic mass is 9.84. The lowest BCUT2D eigenvalue weighted by Crippen LogP contribution is -2.44. The number of aliphatic imine (C=N–C) groups is 1. The fraction of sp³-hybridized carbons (Fsp3) is 0.556. The summed E-state index contributed by atoms with van der Waals surface area (Å²) < 4.78 is 19.4. The molecule has 1 aliphatic rings. The Hall–Kier alpha value is -1.44. The number of nitrogens with zero attached hydrogens (tertiary/aromatic N) is 2. The third-order valence-electron chi connectivity index (χ3n) is 4.38. The van der Waals surface area contributed by atoms with Crippen molar-refractivity contribution in [1.82, 2.24) is 10.6 Å². The van der Waals surface area contributed by atoms with E-state index in [-0.39, 0.29) is 48.4 Å². The molecule has 1 fully saturated rings. The second-order valence-corrected chi connectivity index (χ2v) is 6.24. The Kier molecular flexibility index (Phi) is 9.83. The van der Waals surface area contributed by atoms with Crippen molar-refractivity contribution >= 4 is 29.9 Å². The van der Waals surface area contributed by atoms with Gasteiger partial charge >= 0.3 is 0 Å². The molecule has 26 heavy (non-hydrogen) atoms. The molecular weight excluding hydrogens is 450 g/mol. The molecule has 1 unspecified atom stereocenters. The van der Waals surface area contributed by atoms with Crippen LogP contribution in [0.15, 0.2) is 23.2 Å². The van der Waals surface area contributed by atoms with Gasteiger partial charge in [-0.2, -0.15) is 5.26 Å². The number of aliphatic hydroxyl groups excluding tert-OH is 1. The zero-order valence-electron chi connectivity index (χ0n) is 14.9. The van der Waals surface area contributed by atoms with Gasteiger partial charge in [-0.15, -0.1) is 24.0 Å². The Morgan fingerprint density at radius 2 is 2.27 bits per heavy atom. The molecule has 8 heteroatoms. The summed E-state index contributed by atoms with van der Waals surface area (Å²) in [4.78, 5) is 4.41. The topological polar surface area (TPSA) is 89.7 Å². The van der Waals surface area contributed by atoms with Crippen LogP contribution in [0.3, 0.4) is 0 Å². The number of ether oxygens (including phenoxy) is 1. The molecule has 0 aliphatic carbocycles. The molecule has 0 aromatic heterocycles. The summed E-state index contributed by atoms with van der Waals surface area (Å²) >= 11 is 0. The van der Waals surface area contributed by atoms with Crippen LogP contribution in [-0.4, -0.2) is 44.0 Å². The highest BCUT2D eigenvalue weighted by Crippen LogP contribution is 2.31. The molecule has 0 bridgehead atoms. The fourth-order valence-electron chi connectivity index (χ4n) is 2.85. The van der Waals surface area contributed by atoms with Gasteiger partial charge in [-0.3, -0.25) is 0 Å². The van der Waals surface area contributed by atoms with Crippen molar-refractivity contribution in [2.45, 2.75) is 26.3 Å². The van der Waals surface area contributed by atoms with E-state index in [1.54, 1.807) is 0 Å². The zero-order chi connectivity index (χ0) is 18.1. The van der Waals surface area contributed by atoms with Gasteiger partial charge in [0.2, 0.25) is 0 Å². The van der Waals surface area contributed by atoms with Crippen LogP contribution in [0.4, 0.5) is 4.39 Å². The normalized spacial score (nSPS) is 19.5. The highest BCUT2D eigenvalue weighted by Gasteiger charge is 2.34. The smallest absolute Gasteiger partial charge is 0.191 e. The van der Waals surface area contributed by atoms with E-state index in [9.17, 15) is 9.50 Å². The van der Waals surface area contributed by atoms with Crippen molar-refractivity contribution in [3.05, 3.63) is 35.1 Å². The lowest BCUT2D eigenvalue weighted by molar-refractivity contribution is 0.127. The molecule has 0 saturated carbocycles. The molecule has 3 N–H and O–H groups in total. The fourth-order valence-corrected chi connectivity index (χ4v) is 2.85. The van der Waals surface area contributed by atoms with Crippen molar-refractivity contribution < 1.29 is 14.2 Å². The number of aliphatic hydroxyl groups is 1. The van der Waals surface area contributed by atoms with Gasteiger partial charge in [-0.05, 0) is 38.0 Å². The quantitative estimate of drug-likeness (QED) is 0.319.